The SMILES string of the molecule is CNC(=O)[C@@H](C)N(Cc1ccc(Cl)c(Cl)c1)C(=O)CN(c1cc(C)ccc1OC)S(=O)(=O)c1ccccc1. The van der Waals surface area contributed by atoms with Crippen LogP contribution in [0, 0.1) is 6.92 Å². The lowest BCUT2D eigenvalue weighted by molar-refractivity contribution is -0.139. The van der Waals surface area contributed by atoms with E-state index in [1.165, 1.54) is 31.2 Å². The minimum atomic E-state index is -4.20. The van der Waals surface area contributed by atoms with Crippen LogP contribution in [-0.2, 0) is 26.2 Å². The van der Waals surface area contributed by atoms with E-state index in [9.17, 15) is 18.0 Å². The molecule has 0 spiro atoms. The van der Waals surface area contributed by atoms with Crippen molar-refractivity contribution in [2.75, 3.05) is 25.0 Å². The molecule has 2 amide bonds. The molecular formula is C27H29Cl2N3O5S. The summed E-state index contributed by atoms with van der Waals surface area (Å²) in [7, 11) is -1.32. The first-order chi connectivity index (χ1) is 18.0. The van der Waals surface area contributed by atoms with Gasteiger partial charge in [-0.25, -0.2) is 8.42 Å². The Balaban J connectivity index is 2.10. The number of amides is 2. The van der Waals surface area contributed by atoms with Crippen LogP contribution in [0.25, 0.3) is 0 Å². The molecule has 8 nitrogen and oxygen atoms in total. The quantitative estimate of drug-likeness (QED) is 0.378. The van der Waals surface area contributed by atoms with E-state index in [-0.39, 0.29) is 22.9 Å². The maximum absolute atomic E-state index is 13.9. The van der Waals surface area contributed by atoms with Gasteiger partial charge in [-0.3, -0.25) is 13.9 Å². The van der Waals surface area contributed by atoms with Crippen molar-refractivity contribution >= 4 is 50.7 Å². The van der Waals surface area contributed by atoms with Crippen LogP contribution in [0.5, 0.6) is 5.75 Å². The fraction of sp³-hybridized carbons (Fsp3) is 0.259. The zero-order chi connectivity index (χ0) is 28.0. The lowest BCUT2D eigenvalue weighted by atomic mass is 10.1. The molecule has 1 N–H and O–H groups in total. The van der Waals surface area contributed by atoms with Crippen molar-refractivity contribution in [3.63, 3.8) is 0 Å². The van der Waals surface area contributed by atoms with Crippen LogP contribution in [0.2, 0.25) is 10.0 Å². The second-order valence-electron chi connectivity index (χ2n) is 8.56. The summed E-state index contributed by atoms with van der Waals surface area (Å²) in [6, 6.07) is 16.8. The summed E-state index contributed by atoms with van der Waals surface area (Å²) < 4.78 is 34.2. The van der Waals surface area contributed by atoms with E-state index < -0.39 is 34.4 Å². The van der Waals surface area contributed by atoms with Crippen molar-refractivity contribution in [2.24, 2.45) is 0 Å². The molecule has 0 saturated heterocycles. The molecule has 0 unspecified atom stereocenters. The largest absolute Gasteiger partial charge is 0.495 e. The second-order valence-corrected chi connectivity index (χ2v) is 11.2. The number of halogens is 2. The highest BCUT2D eigenvalue weighted by Gasteiger charge is 2.33. The Morgan fingerprint density at radius 3 is 2.29 bits per heavy atom. The zero-order valence-electron chi connectivity index (χ0n) is 21.4. The van der Waals surface area contributed by atoms with E-state index in [0.717, 1.165) is 9.87 Å². The number of aryl methyl sites for hydroxylation is 1. The zero-order valence-corrected chi connectivity index (χ0v) is 23.8. The molecule has 0 aromatic heterocycles. The van der Waals surface area contributed by atoms with Gasteiger partial charge in [0.1, 0.15) is 18.3 Å². The van der Waals surface area contributed by atoms with E-state index >= 15 is 0 Å². The normalized spacial score (nSPS) is 11.9. The van der Waals surface area contributed by atoms with Gasteiger partial charge in [0.25, 0.3) is 10.0 Å². The molecule has 3 aromatic carbocycles. The van der Waals surface area contributed by atoms with Crippen LogP contribution in [0.3, 0.4) is 0 Å². The van der Waals surface area contributed by atoms with Gasteiger partial charge in [0.15, 0.2) is 0 Å². The van der Waals surface area contributed by atoms with Gasteiger partial charge in [0, 0.05) is 13.6 Å². The summed E-state index contributed by atoms with van der Waals surface area (Å²) >= 11 is 12.2. The first kappa shape index (κ1) is 29.3. The van der Waals surface area contributed by atoms with E-state index in [0.29, 0.717) is 15.6 Å². The Hall–Kier alpha value is -3.27. The highest BCUT2D eigenvalue weighted by molar-refractivity contribution is 7.92. The molecule has 3 aromatic rings. The Kier molecular flexibility index (Phi) is 9.65. The number of sulfonamides is 1. The molecule has 0 aliphatic carbocycles. The third-order valence-electron chi connectivity index (χ3n) is 5.96. The summed E-state index contributed by atoms with van der Waals surface area (Å²) in [5.74, 6) is -0.738. The minimum Gasteiger partial charge on any atom is -0.495 e. The molecule has 3 rings (SSSR count). The van der Waals surface area contributed by atoms with Crippen molar-refractivity contribution in [3.05, 3.63) is 87.9 Å². The van der Waals surface area contributed by atoms with Crippen LogP contribution >= 0.6 is 23.2 Å². The fourth-order valence-corrected chi connectivity index (χ4v) is 5.61. The van der Waals surface area contributed by atoms with Crippen LogP contribution < -0.4 is 14.4 Å². The number of anilines is 1. The number of carbonyl (C=O) groups excluding carboxylic acids is 2. The average Bonchev–Trinajstić information content (AvgIpc) is 2.91. The van der Waals surface area contributed by atoms with Crippen molar-refractivity contribution < 1.29 is 22.7 Å². The molecule has 0 radical (unpaired) electrons. The lowest BCUT2D eigenvalue weighted by Gasteiger charge is -2.32. The van der Waals surface area contributed by atoms with Gasteiger partial charge in [-0.15, -0.1) is 0 Å². The Bertz CT molecular complexity index is 1420. The standard InChI is InChI=1S/C27H29Cl2N3O5S/c1-18-10-13-25(37-4)24(14-18)32(38(35,36)21-8-6-5-7-9-21)17-26(33)31(19(2)27(34)30-3)16-20-11-12-22(28)23(29)15-20/h5-15,19H,16-17H2,1-4H3,(H,30,34)/t19-/m1/s1. The molecule has 1 atom stereocenters. The molecule has 11 heteroatoms. The van der Waals surface area contributed by atoms with Gasteiger partial charge in [-0.05, 0) is 61.4 Å². The summed E-state index contributed by atoms with van der Waals surface area (Å²) in [6.07, 6.45) is 0. The predicted molar refractivity (Wildman–Crippen MR) is 149 cm³/mol. The van der Waals surface area contributed by atoms with E-state index in [2.05, 4.69) is 5.32 Å². The second kappa shape index (κ2) is 12.5. The molecule has 38 heavy (non-hydrogen) atoms. The van der Waals surface area contributed by atoms with Crippen LogP contribution in [-0.4, -0.2) is 51.9 Å². The number of carbonyl (C=O) groups is 2. The van der Waals surface area contributed by atoms with E-state index in [1.54, 1.807) is 61.5 Å². The smallest absolute Gasteiger partial charge is 0.264 e. The van der Waals surface area contributed by atoms with Crippen LogP contribution in [0.15, 0.2) is 71.6 Å². The first-order valence-electron chi connectivity index (χ1n) is 11.7. The van der Waals surface area contributed by atoms with Crippen LogP contribution in [0.1, 0.15) is 18.1 Å². The maximum atomic E-state index is 13.9. The maximum Gasteiger partial charge on any atom is 0.264 e. The van der Waals surface area contributed by atoms with E-state index in [1.807, 2.05) is 6.92 Å². The van der Waals surface area contributed by atoms with Crippen LogP contribution in [0.4, 0.5) is 5.69 Å². The summed E-state index contributed by atoms with van der Waals surface area (Å²) in [5, 5.41) is 3.18. The Morgan fingerprint density at radius 2 is 1.68 bits per heavy atom. The Labute approximate surface area is 233 Å². The van der Waals surface area contributed by atoms with Gasteiger partial charge in [-0.2, -0.15) is 0 Å². The average molecular weight is 579 g/mol. The number of likely N-dealkylation sites (N-methyl/N-ethyl adjacent to an activating group) is 1. The molecule has 0 heterocycles. The highest BCUT2D eigenvalue weighted by atomic mass is 35.5. The van der Waals surface area contributed by atoms with Crippen molar-refractivity contribution in [2.45, 2.75) is 31.3 Å². The van der Waals surface area contributed by atoms with Gasteiger partial charge in [0.05, 0.1) is 27.7 Å². The lowest BCUT2D eigenvalue weighted by Crippen LogP contribution is -2.50. The molecule has 202 valence electrons. The number of benzene rings is 3. The molecule has 0 bridgehead atoms. The Morgan fingerprint density at radius 1 is 1.00 bits per heavy atom. The number of ether oxygens (including phenoxy) is 1. The minimum absolute atomic E-state index is 0.00547. The van der Waals surface area contributed by atoms with E-state index in [4.69, 9.17) is 27.9 Å². The van der Waals surface area contributed by atoms with Crippen molar-refractivity contribution in [3.8, 4) is 5.75 Å². The monoisotopic (exact) mass is 577 g/mol. The predicted octanol–water partition coefficient (Wildman–Crippen LogP) is 4.67. The summed E-state index contributed by atoms with van der Waals surface area (Å²) in [5.41, 5.74) is 1.59. The molecule has 0 fully saturated rings. The van der Waals surface area contributed by atoms with Crippen molar-refractivity contribution in [1.82, 2.24) is 10.2 Å². The molecule has 0 saturated carbocycles. The van der Waals surface area contributed by atoms with Gasteiger partial charge in [0.2, 0.25) is 11.8 Å². The number of hydrogen-bond donors (Lipinski definition) is 1. The van der Waals surface area contributed by atoms with Gasteiger partial charge in [-0.1, -0.05) is 53.5 Å². The third-order valence-corrected chi connectivity index (χ3v) is 8.48. The summed E-state index contributed by atoms with van der Waals surface area (Å²) in [6.45, 7) is 2.79. The number of nitrogens with one attached hydrogen (secondary N) is 1. The topological polar surface area (TPSA) is 96.0 Å². The number of nitrogens with zero attached hydrogens (tertiary/aromatic N) is 2. The molecule has 0 aliphatic heterocycles. The van der Waals surface area contributed by atoms with Crippen molar-refractivity contribution in [1.29, 1.82) is 0 Å². The number of methoxy groups -OCH3 is 1. The first-order valence-corrected chi connectivity index (χ1v) is 13.9. The number of hydrogen-bond acceptors (Lipinski definition) is 5. The number of rotatable bonds is 10. The fourth-order valence-electron chi connectivity index (χ4n) is 3.85. The molecule has 0 aliphatic rings. The van der Waals surface area contributed by atoms with Gasteiger partial charge < -0.3 is 15.0 Å². The summed E-state index contributed by atoms with van der Waals surface area (Å²) in [4.78, 5) is 27.7. The third kappa shape index (κ3) is 6.59. The van der Waals surface area contributed by atoms with Gasteiger partial charge >= 0.3 is 0 Å². The molecular weight excluding hydrogens is 549 g/mol. The highest BCUT2D eigenvalue weighted by Crippen LogP contribution is 2.34.